The van der Waals surface area contributed by atoms with Crippen molar-refractivity contribution < 1.29 is 22.9 Å². The summed E-state index contributed by atoms with van der Waals surface area (Å²) in [5.74, 6) is -0.658. The number of alkyl halides is 3. The zero-order valence-electron chi connectivity index (χ0n) is 12.7. The third-order valence-electron chi connectivity index (χ3n) is 3.39. The molecule has 12 heteroatoms. The molecule has 0 aliphatic rings. The van der Waals surface area contributed by atoms with Crippen LogP contribution in [-0.4, -0.2) is 25.4 Å². The summed E-state index contributed by atoms with van der Waals surface area (Å²) in [6, 6.07) is 4.90. The van der Waals surface area contributed by atoms with Crippen LogP contribution in [-0.2, 0) is 6.18 Å². The predicted molar refractivity (Wildman–Crippen MR) is 82.2 cm³/mol. The number of hydrazine groups is 1. The highest BCUT2D eigenvalue weighted by atomic mass is 19.4. The third kappa shape index (κ3) is 3.38. The van der Waals surface area contributed by atoms with Crippen molar-refractivity contribution in [2.45, 2.75) is 6.18 Å². The zero-order chi connectivity index (χ0) is 18.9. The molecule has 3 rings (SSSR count). The van der Waals surface area contributed by atoms with Gasteiger partial charge in [-0.3, -0.25) is 30.2 Å². The Balaban J connectivity index is 1.80. The lowest BCUT2D eigenvalue weighted by atomic mass is 10.1. The van der Waals surface area contributed by atoms with E-state index in [0.29, 0.717) is 17.8 Å². The van der Waals surface area contributed by atoms with Gasteiger partial charge in [0.25, 0.3) is 11.6 Å². The van der Waals surface area contributed by atoms with E-state index in [1.165, 1.54) is 29.1 Å². The monoisotopic (exact) mass is 366 g/mol. The average Bonchev–Trinajstić information content (AvgIpc) is 3.06. The number of amides is 1. The summed E-state index contributed by atoms with van der Waals surface area (Å²) in [4.78, 5) is 22.1. The number of hydrogen-bond donors (Lipinski definition) is 2. The molecule has 0 atom stereocenters. The van der Waals surface area contributed by atoms with Gasteiger partial charge in [0.1, 0.15) is 12.0 Å². The summed E-state index contributed by atoms with van der Waals surface area (Å²) in [6.45, 7) is 0. The van der Waals surface area contributed by atoms with Gasteiger partial charge in [0.15, 0.2) is 5.65 Å². The van der Waals surface area contributed by atoms with Gasteiger partial charge >= 0.3 is 6.18 Å². The number of nitrogens with zero attached hydrogens (tertiary/aromatic N) is 4. The summed E-state index contributed by atoms with van der Waals surface area (Å²) in [7, 11) is 0. The highest BCUT2D eigenvalue weighted by Crippen LogP contribution is 2.34. The molecule has 0 radical (unpaired) electrons. The van der Waals surface area contributed by atoms with Gasteiger partial charge in [-0.25, -0.2) is 0 Å². The lowest BCUT2D eigenvalue weighted by Crippen LogP contribution is -2.30. The molecule has 1 amide bonds. The number of nitrogens with one attached hydrogen (secondary N) is 2. The summed E-state index contributed by atoms with van der Waals surface area (Å²) in [6.07, 6.45) is -1.92. The van der Waals surface area contributed by atoms with Crippen molar-refractivity contribution in [2.24, 2.45) is 0 Å². The predicted octanol–water partition coefficient (Wildman–Crippen LogP) is 2.41. The van der Waals surface area contributed by atoms with E-state index < -0.39 is 28.3 Å². The molecule has 9 nitrogen and oxygen atoms in total. The standard InChI is InChI=1S/C14H9F3N6O3/c15-14(16,17)9-2-3-10(11(5-9)23(25)26)19-21-13(24)8-1-4-12-20-18-7-22(12)6-8/h1-7,19H,(H,21,24). The molecule has 26 heavy (non-hydrogen) atoms. The molecular weight excluding hydrogens is 357 g/mol. The highest BCUT2D eigenvalue weighted by Gasteiger charge is 2.33. The molecule has 2 aromatic heterocycles. The van der Waals surface area contributed by atoms with Gasteiger partial charge in [-0.2, -0.15) is 13.2 Å². The Bertz CT molecular complexity index is 1000. The minimum atomic E-state index is -4.72. The van der Waals surface area contributed by atoms with Crippen LogP contribution in [0.25, 0.3) is 5.65 Å². The second-order valence-electron chi connectivity index (χ2n) is 5.08. The van der Waals surface area contributed by atoms with E-state index in [0.717, 1.165) is 6.07 Å². The fourth-order valence-corrected chi connectivity index (χ4v) is 2.12. The van der Waals surface area contributed by atoms with Crippen LogP contribution < -0.4 is 10.9 Å². The number of nitro benzene ring substituents is 1. The van der Waals surface area contributed by atoms with Crippen molar-refractivity contribution in [2.75, 3.05) is 5.43 Å². The van der Waals surface area contributed by atoms with E-state index in [-0.39, 0.29) is 11.3 Å². The molecule has 0 unspecified atom stereocenters. The number of pyridine rings is 1. The first kappa shape index (κ1) is 17.1. The largest absolute Gasteiger partial charge is 0.416 e. The lowest BCUT2D eigenvalue weighted by molar-refractivity contribution is -0.384. The Labute approximate surface area is 142 Å². The number of carbonyl (C=O) groups is 1. The molecule has 0 saturated heterocycles. The number of rotatable bonds is 4. The molecule has 2 heterocycles. The summed E-state index contributed by atoms with van der Waals surface area (Å²) >= 11 is 0. The Kier molecular flexibility index (Phi) is 4.16. The molecular formula is C14H9F3N6O3. The van der Waals surface area contributed by atoms with E-state index in [1.807, 2.05) is 0 Å². The topological polar surface area (TPSA) is 114 Å². The SMILES string of the molecule is O=C(NNc1ccc(C(F)(F)F)cc1[N+](=O)[O-])c1ccc2nncn2c1. The van der Waals surface area contributed by atoms with E-state index in [9.17, 15) is 28.1 Å². The van der Waals surface area contributed by atoms with Crippen molar-refractivity contribution in [3.8, 4) is 0 Å². The first-order valence-corrected chi connectivity index (χ1v) is 6.97. The van der Waals surface area contributed by atoms with Crippen LogP contribution in [0.1, 0.15) is 15.9 Å². The molecule has 134 valence electrons. The van der Waals surface area contributed by atoms with Crippen molar-refractivity contribution >= 4 is 22.9 Å². The number of nitro groups is 1. The average molecular weight is 366 g/mol. The third-order valence-corrected chi connectivity index (χ3v) is 3.39. The summed E-state index contributed by atoms with van der Waals surface area (Å²) in [5, 5.41) is 18.4. The quantitative estimate of drug-likeness (QED) is 0.541. The fraction of sp³-hybridized carbons (Fsp3) is 0.0714. The zero-order valence-corrected chi connectivity index (χ0v) is 12.7. The molecule has 0 fully saturated rings. The van der Waals surface area contributed by atoms with Crippen molar-refractivity contribution in [3.63, 3.8) is 0 Å². The van der Waals surface area contributed by atoms with Crippen LogP contribution >= 0.6 is 0 Å². The first-order valence-electron chi connectivity index (χ1n) is 6.97. The molecule has 1 aromatic carbocycles. The fourth-order valence-electron chi connectivity index (χ4n) is 2.12. The second kappa shape index (κ2) is 6.31. The van der Waals surface area contributed by atoms with Gasteiger partial charge in [-0.05, 0) is 24.3 Å². The smallest absolute Gasteiger partial charge is 0.292 e. The van der Waals surface area contributed by atoms with E-state index in [4.69, 9.17) is 0 Å². The Morgan fingerprint density at radius 1 is 1.23 bits per heavy atom. The maximum Gasteiger partial charge on any atom is 0.416 e. The van der Waals surface area contributed by atoms with Crippen LogP contribution in [0.15, 0.2) is 42.9 Å². The molecule has 0 spiro atoms. The van der Waals surface area contributed by atoms with Gasteiger partial charge in [0, 0.05) is 12.3 Å². The number of aromatic nitrogens is 3. The molecule has 0 bridgehead atoms. The van der Waals surface area contributed by atoms with Gasteiger partial charge in [-0.1, -0.05) is 0 Å². The minimum Gasteiger partial charge on any atom is -0.292 e. The Hall–Kier alpha value is -3.70. The van der Waals surface area contributed by atoms with E-state index in [2.05, 4.69) is 21.0 Å². The highest BCUT2D eigenvalue weighted by molar-refractivity contribution is 5.95. The minimum absolute atomic E-state index is 0.180. The Morgan fingerprint density at radius 2 is 2.00 bits per heavy atom. The number of halogens is 3. The van der Waals surface area contributed by atoms with Crippen LogP contribution in [0.4, 0.5) is 24.5 Å². The van der Waals surface area contributed by atoms with Crippen molar-refractivity contribution in [1.82, 2.24) is 20.0 Å². The lowest BCUT2D eigenvalue weighted by Gasteiger charge is -2.11. The van der Waals surface area contributed by atoms with Crippen LogP contribution in [0.5, 0.6) is 0 Å². The second-order valence-corrected chi connectivity index (χ2v) is 5.08. The van der Waals surface area contributed by atoms with Gasteiger partial charge in [0.2, 0.25) is 0 Å². The number of fused-ring (bicyclic) bond motifs is 1. The van der Waals surface area contributed by atoms with E-state index in [1.54, 1.807) is 0 Å². The van der Waals surface area contributed by atoms with Crippen LogP contribution in [0, 0.1) is 10.1 Å². The normalized spacial score (nSPS) is 11.3. The van der Waals surface area contributed by atoms with Crippen molar-refractivity contribution in [1.29, 1.82) is 0 Å². The maximum absolute atomic E-state index is 12.7. The van der Waals surface area contributed by atoms with Gasteiger partial charge in [0.05, 0.1) is 16.1 Å². The van der Waals surface area contributed by atoms with Crippen LogP contribution in [0.3, 0.4) is 0 Å². The number of anilines is 1. The molecule has 0 saturated carbocycles. The summed E-state index contributed by atoms with van der Waals surface area (Å²) < 4.78 is 39.5. The number of benzene rings is 1. The van der Waals surface area contributed by atoms with Gasteiger partial charge < -0.3 is 0 Å². The van der Waals surface area contributed by atoms with Gasteiger partial charge in [-0.15, -0.1) is 10.2 Å². The number of carbonyl (C=O) groups excluding carboxylic acids is 1. The van der Waals surface area contributed by atoms with E-state index >= 15 is 0 Å². The van der Waals surface area contributed by atoms with Crippen LogP contribution in [0.2, 0.25) is 0 Å². The molecule has 2 N–H and O–H groups in total. The first-order chi connectivity index (χ1) is 12.3. The molecule has 3 aromatic rings. The maximum atomic E-state index is 12.7. The number of hydrogen-bond acceptors (Lipinski definition) is 6. The molecule has 0 aliphatic heterocycles. The molecule has 0 aliphatic carbocycles. The summed E-state index contributed by atoms with van der Waals surface area (Å²) in [5.41, 5.74) is 2.87. The Morgan fingerprint density at radius 3 is 2.69 bits per heavy atom. The van der Waals surface area contributed by atoms with Crippen molar-refractivity contribution in [3.05, 3.63) is 64.1 Å².